The van der Waals surface area contributed by atoms with Gasteiger partial charge in [-0.2, -0.15) is 33.7 Å². The van der Waals surface area contributed by atoms with Crippen molar-refractivity contribution in [2.45, 2.75) is 31.8 Å². The van der Waals surface area contributed by atoms with E-state index in [1.165, 1.54) is 97.1 Å². The zero-order valence-electron chi connectivity index (χ0n) is 26.5. The van der Waals surface area contributed by atoms with Crippen LogP contribution in [0.25, 0.3) is 0 Å². The number of nitrogens with one attached hydrogen (secondary N) is 2. The SMILES string of the molecule is O=S(=O)(OCCNC[C@H](OS(=O)(=O)c1ccccc1)[C@@H](CNCCOS(=O)(=O)c1ccccc1)OS(=O)(=O)c1ccccc1)c1ccccc1. The van der Waals surface area contributed by atoms with Crippen molar-refractivity contribution in [1.82, 2.24) is 10.6 Å². The Bertz CT molecular complexity index is 1920. The molecule has 0 aliphatic heterocycles. The Labute approximate surface area is 292 Å². The number of rotatable bonds is 21. The molecule has 18 heteroatoms. The summed E-state index contributed by atoms with van der Waals surface area (Å²) >= 11 is 0. The molecule has 0 radical (unpaired) electrons. The van der Waals surface area contributed by atoms with E-state index in [1.807, 2.05) is 0 Å². The Morgan fingerprint density at radius 2 is 0.660 bits per heavy atom. The van der Waals surface area contributed by atoms with Gasteiger partial charge in [0.05, 0.1) is 32.8 Å². The highest BCUT2D eigenvalue weighted by molar-refractivity contribution is 7.87. The molecule has 14 nitrogen and oxygen atoms in total. The summed E-state index contributed by atoms with van der Waals surface area (Å²) in [5, 5.41) is 5.69. The van der Waals surface area contributed by atoms with Crippen molar-refractivity contribution in [3.05, 3.63) is 121 Å². The summed E-state index contributed by atoms with van der Waals surface area (Å²) in [6.45, 7) is -1.64. The first kappa shape index (κ1) is 39.2. The maximum atomic E-state index is 13.3. The molecule has 0 spiro atoms. The van der Waals surface area contributed by atoms with Gasteiger partial charge in [-0.15, -0.1) is 0 Å². The lowest BCUT2D eigenvalue weighted by Crippen LogP contribution is -2.48. The standard InChI is InChI=1S/C32H36N2O12S4/c35-47(36,27-13-5-1-6-14-27)43-23-21-33-25-31(45-49(39,40)29-17-9-3-10-18-29)32(46-50(41,42)30-19-11-4-12-20-30)26-34-22-24-44-48(37,38)28-15-7-2-8-16-28/h1-20,31-34H,21-26H2/t31-,32+. The van der Waals surface area contributed by atoms with E-state index >= 15 is 0 Å². The molecule has 0 saturated carbocycles. The Morgan fingerprint density at radius 3 is 0.940 bits per heavy atom. The predicted octanol–water partition coefficient (Wildman–Crippen LogP) is 2.52. The lowest BCUT2D eigenvalue weighted by molar-refractivity contribution is 0.0612. The molecule has 0 bridgehead atoms. The van der Waals surface area contributed by atoms with Gasteiger partial charge in [0.2, 0.25) is 0 Å². The first-order chi connectivity index (χ1) is 23.8. The molecule has 0 unspecified atom stereocenters. The Kier molecular flexibility index (Phi) is 14.2. The van der Waals surface area contributed by atoms with Gasteiger partial charge in [-0.3, -0.25) is 16.7 Å². The molecule has 270 valence electrons. The topological polar surface area (TPSA) is 198 Å². The molecule has 2 atom stereocenters. The third-order valence-corrected chi connectivity index (χ3v) is 12.1. The van der Waals surface area contributed by atoms with Gasteiger partial charge in [0.15, 0.2) is 0 Å². The van der Waals surface area contributed by atoms with Crippen molar-refractivity contribution in [2.24, 2.45) is 0 Å². The molecule has 0 aliphatic rings. The summed E-state index contributed by atoms with van der Waals surface area (Å²) < 4.78 is 124. The number of hydrogen-bond donors (Lipinski definition) is 2. The van der Waals surface area contributed by atoms with E-state index in [0.717, 1.165) is 0 Å². The molecular weight excluding hydrogens is 733 g/mol. The van der Waals surface area contributed by atoms with Gasteiger partial charge in [-0.1, -0.05) is 72.8 Å². The smallest absolute Gasteiger partial charge is 0.297 e. The predicted molar refractivity (Wildman–Crippen MR) is 182 cm³/mol. The van der Waals surface area contributed by atoms with E-state index in [9.17, 15) is 33.7 Å². The Hall–Kier alpha value is -3.56. The van der Waals surface area contributed by atoms with E-state index in [1.54, 1.807) is 24.3 Å². The third kappa shape index (κ3) is 11.8. The van der Waals surface area contributed by atoms with Crippen LogP contribution < -0.4 is 10.6 Å². The highest BCUT2D eigenvalue weighted by atomic mass is 32.2. The molecule has 4 aromatic carbocycles. The number of hydrogen-bond acceptors (Lipinski definition) is 14. The zero-order chi connectivity index (χ0) is 36.1. The number of benzene rings is 4. The third-order valence-electron chi connectivity index (χ3n) is 6.77. The van der Waals surface area contributed by atoms with Crippen LogP contribution in [0.5, 0.6) is 0 Å². The van der Waals surface area contributed by atoms with Crippen molar-refractivity contribution >= 4 is 40.5 Å². The second-order valence-corrected chi connectivity index (χ2v) is 16.8. The Morgan fingerprint density at radius 1 is 0.400 bits per heavy atom. The molecule has 4 aromatic rings. The minimum atomic E-state index is -4.49. The van der Waals surface area contributed by atoms with Crippen LogP contribution in [0.3, 0.4) is 0 Å². The van der Waals surface area contributed by atoms with Crippen molar-refractivity contribution < 1.29 is 50.4 Å². The van der Waals surface area contributed by atoms with Crippen LogP contribution in [0, 0.1) is 0 Å². The fourth-order valence-corrected chi connectivity index (χ4v) is 8.41. The van der Waals surface area contributed by atoms with Crippen LogP contribution in [0.15, 0.2) is 141 Å². The van der Waals surface area contributed by atoms with Crippen molar-refractivity contribution in [2.75, 3.05) is 39.4 Å². The molecule has 0 aliphatic carbocycles. The van der Waals surface area contributed by atoms with E-state index in [0.29, 0.717) is 0 Å². The van der Waals surface area contributed by atoms with Crippen molar-refractivity contribution in [3.8, 4) is 0 Å². The highest BCUT2D eigenvalue weighted by Crippen LogP contribution is 2.21. The maximum Gasteiger partial charge on any atom is 0.297 e. The largest absolute Gasteiger partial charge is 0.312 e. The highest BCUT2D eigenvalue weighted by Gasteiger charge is 2.34. The van der Waals surface area contributed by atoms with Crippen LogP contribution >= 0.6 is 0 Å². The molecule has 0 fully saturated rings. The van der Waals surface area contributed by atoms with Crippen LogP contribution in [0.4, 0.5) is 0 Å². The van der Waals surface area contributed by atoms with Gasteiger partial charge in [0.25, 0.3) is 40.5 Å². The summed E-state index contributed by atoms with van der Waals surface area (Å²) in [7, 11) is -17.1. The van der Waals surface area contributed by atoms with E-state index < -0.39 is 52.7 Å². The quantitative estimate of drug-likeness (QED) is 0.0927. The molecule has 0 saturated heterocycles. The monoisotopic (exact) mass is 768 g/mol. The van der Waals surface area contributed by atoms with Crippen LogP contribution in [0.2, 0.25) is 0 Å². The van der Waals surface area contributed by atoms with Gasteiger partial charge in [-0.05, 0) is 48.5 Å². The minimum absolute atomic E-state index is 0.0543. The van der Waals surface area contributed by atoms with E-state index in [-0.39, 0.29) is 59.0 Å². The van der Waals surface area contributed by atoms with Crippen LogP contribution in [-0.4, -0.2) is 85.3 Å². The summed E-state index contributed by atoms with van der Waals surface area (Å²) in [6, 6.07) is 29.2. The summed E-state index contributed by atoms with van der Waals surface area (Å²) in [5.41, 5.74) is 0. The normalized spacial score (nSPS) is 13.8. The van der Waals surface area contributed by atoms with Crippen molar-refractivity contribution in [3.63, 3.8) is 0 Å². The molecule has 2 N–H and O–H groups in total. The van der Waals surface area contributed by atoms with Crippen LogP contribution in [-0.2, 0) is 57.2 Å². The average Bonchev–Trinajstić information content (AvgIpc) is 3.11. The van der Waals surface area contributed by atoms with Crippen LogP contribution in [0.1, 0.15) is 0 Å². The fraction of sp³-hybridized carbons (Fsp3) is 0.250. The first-order valence-corrected chi connectivity index (χ1v) is 20.7. The Balaban J connectivity index is 1.51. The molecular formula is C32H36N2O12S4. The van der Waals surface area contributed by atoms with Gasteiger partial charge in [-0.25, -0.2) is 0 Å². The summed E-state index contributed by atoms with van der Waals surface area (Å²) in [4.78, 5) is -0.526. The average molecular weight is 769 g/mol. The van der Waals surface area contributed by atoms with Gasteiger partial charge < -0.3 is 10.6 Å². The zero-order valence-corrected chi connectivity index (χ0v) is 29.7. The van der Waals surface area contributed by atoms with Crippen molar-refractivity contribution in [1.29, 1.82) is 0 Å². The lowest BCUT2D eigenvalue weighted by Gasteiger charge is -2.27. The maximum absolute atomic E-state index is 13.3. The fourth-order valence-electron chi connectivity index (χ4n) is 4.31. The first-order valence-electron chi connectivity index (χ1n) is 15.1. The summed E-state index contributed by atoms with van der Waals surface area (Å²) in [6.07, 6.45) is -3.04. The molecule has 4 rings (SSSR count). The minimum Gasteiger partial charge on any atom is -0.312 e. The van der Waals surface area contributed by atoms with Gasteiger partial charge in [0.1, 0.15) is 12.2 Å². The lowest BCUT2D eigenvalue weighted by atomic mass is 10.2. The van der Waals surface area contributed by atoms with Gasteiger partial charge in [0, 0.05) is 26.2 Å². The van der Waals surface area contributed by atoms with E-state index in [4.69, 9.17) is 16.7 Å². The summed E-state index contributed by atoms with van der Waals surface area (Å²) in [5.74, 6) is 0. The second-order valence-electron chi connectivity index (χ2n) is 10.4. The second kappa shape index (κ2) is 18.1. The van der Waals surface area contributed by atoms with E-state index in [2.05, 4.69) is 10.6 Å². The molecule has 0 amide bonds. The molecule has 50 heavy (non-hydrogen) atoms. The molecule has 0 aromatic heterocycles. The molecule has 0 heterocycles. The van der Waals surface area contributed by atoms with Gasteiger partial charge >= 0.3 is 0 Å².